The summed E-state index contributed by atoms with van der Waals surface area (Å²) in [5.41, 5.74) is 5.03. The minimum atomic E-state index is 0.693. The molecule has 0 unspecified atom stereocenters. The van der Waals surface area contributed by atoms with Crippen molar-refractivity contribution in [3.05, 3.63) is 0 Å². The van der Waals surface area contributed by atoms with Crippen LogP contribution in [-0.4, -0.2) is 38.3 Å². The van der Waals surface area contributed by atoms with E-state index in [1.165, 1.54) is 0 Å². The van der Waals surface area contributed by atoms with Crippen LogP contribution >= 0.6 is 0 Å². The molecule has 0 aliphatic carbocycles. The van der Waals surface area contributed by atoms with E-state index in [0.29, 0.717) is 6.61 Å². The molecule has 0 heterocycles. The van der Waals surface area contributed by atoms with Crippen LogP contribution in [0.2, 0.25) is 0 Å². The molecule has 0 bridgehead atoms. The van der Waals surface area contributed by atoms with Gasteiger partial charge in [-0.1, -0.05) is 19.8 Å². The molecule has 2 N–H and O–H groups in total. The second kappa shape index (κ2) is 9.82. The van der Waals surface area contributed by atoms with E-state index in [-0.39, 0.29) is 0 Å². The highest BCUT2D eigenvalue weighted by Gasteiger charge is 2.00. The summed E-state index contributed by atoms with van der Waals surface area (Å²) in [5, 5.41) is 0. The summed E-state index contributed by atoms with van der Waals surface area (Å²) in [6, 6.07) is 2.36. The first-order valence-electron chi connectivity index (χ1n) is 5.61. The maximum Gasteiger partial charge on any atom is 0.0576 e. The zero-order valence-electron chi connectivity index (χ0n) is 10.3. The average Bonchev–Trinajstić information content (AvgIpc) is 2.15. The highest BCUT2D eigenvalue weighted by atomic mass is 16.5. The van der Waals surface area contributed by atoms with Gasteiger partial charge in [0.05, 0.1) is 6.61 Å². The van der Waals surface area contributed by atoms with Gasteiger partial charge in [-0.05, 0) is 19.4 Å². The summed E-state index contributed by atoms with van der Waals surface area (Å²) >= 11 is 0. The minimum Gasteiger partial charge on any atom is -0.380 e. The average molecular weight is 212 g/mol. The van der Waals surface area contributed by atoms with Crippen molar-refractivity contribution in [2.24, 2.45) is 11.7 Å². The molecular formula is C12H24N2O. The molecule has 0 spiro atoms. The summed E-state index contributed by atoms with van der Waals surface area (Å²) in [6.45, 7) is 8.23. The van der Waals surface area contributed by atoms with Gasteiger partial charge in [0, 0.05) is 32.2 Å². The van der Waals surface area contributed by atoms with Crippen LogP contribution < -0.4 is 5.73 Å². The van der Waals surface area contributed by atoms with E-state index in [4.69, 9.17) is 10.5 Å². The van der Waals surface area contributed by atoms with Crippen molar-refractivity contribution < 1.29 is 4.74 Å². The van der Waals surface area contributed by atoms with Crippen molar-refractivity contribution >= 4 is 0 Å². The van der Waals surface area contributed by atoms with E-state index in [9.17, 15) is 0 Å². The van der Waals surface area contributed by atoms with Gasteiger partial charge in [-0.2, -0.15) is 0 Å². The molecular weight excluding hydrogens is 188 g/mol. The maximum absolute atomic E-state index is 5.41. The molecule has 0 aromatic rings. The second-order valence-electron chi connectivity index (χ2n) is 4.19. The number of ether oxygens (including phenoxy) is 1. The molecule has 0 amide bonds. The lowest BCUT2D eigenvalue weighted by Crippen LogP contribution is -2.25. The standard InChI is InChI=1S/C12H24N2O/c1-12(2)11-14(3)8-6-10-15-9-5-4-7-13/h12H,5-6,8-11,13H2,1-3H3. The van der Waals surface area contributed by atoms with E-state index in [0.717, 1.165) is 38.5 Å². The molecule has 0 aliphatic heterocycles. The summed E-state index contributed by atoms with van der Waals surface area (Å²) in [4.78, 5) is 2.34. The fourth-order valence-electron chi connectivity index (χ4n) is 1.45. The van der Waals surface area contributed by atoms with Crippen molar-refractivity contribution in [3.8, 4) is 12.0 Å². The third kappa shape index (κ3) is 11.2. The van der Waals surface area contributed by atoms with Crippen LogP contribution in [0, 0.1) is 17.9 Å². The number of rotatable bonds is 8. The van der Waals surface area contributed by atoms with Gasteiger partial charge in [0.25, 0.3) is 0 Å². The summed E-state index contributed by atoms with van der Waals surface area (Å²) in [5.74, 6) is 3.50. The lowest BCUT2D eigenvalue weighted by molar-refractivity contribution is 0.127. The third-order valence-corrected chi connectivity index (χ3v) is 1.98. The maximum atomic E-state index is 5.41. The number of hydrogen-bond donors (Lipinski definition) is 1. The van der Waals surface area contributed by atoms with Crippen LogP contribution in [0.4, 0.5) is 0 Å². The van der Waals surface area contributed by atoms with Gasteiger partial charge >= 0.3 is 0 Å². The van der Waals surface area contributed by atoms with Crippen LogP contribution in [0.25, 0.3) is 0 Å². The first-order valence-corrected chi connectivity index (χ1v) is 5.61. The highest BCUT2D eigenvalue weighted by molar-refractivity contribution is 4.93. The van der Waals surface area contributed by atoms with Gasteiger partial charge in [0.15, 0.2) is 0 Å². The molecule has 0 aromatic carbocycles. The first-order chi connectivity index (χ1) is 7.16. The van der Waals surface area contributed by atoms with Crippen LogP contribution in [-0.2, 0) is 4.74 Å². The van der Waals surface area contributed by atoms with E-state index in [2.05, 4.69) is 37.8 Å². The molecule has 0 aromatic heterocycles. The van der Waals surface area contributed by atoms with E-state index in [1.807, 2.05) is 0 Å². The Labute approximate surface area is 94.0 Å². The Morgan fingerprint density at radius 1 is 1.33 bits per heavy atom. The number of nitrogens with zero attached hydrogens (tertiary/aromatic N) is 1. The quantitative estimate of drug-likeness (QED) is 0.374. The van der Waals surface area contributed by atoms with E-state index in [1.54, 1.807) is 0 Å². The van der Waals surface area contributed by atoms with Crippen molar-refractivity contribution in [1.29, 1.82) is 0 Å². The normalized spacial score (nSPS) is 10.5. The molecule has 0 radical (unpaired) electrons. The summed E-state index contributed by atoms with van der Waals surface area (Å²) < 4.78 is 5.41. The highest BCUT2D eigenvalue weighted by Crippen LogP contribution is 1.97. The van der Waals surface area contributed by atoms with Crippen molar-refractivity contribution in [1.82, 2.24) is 4.90 Å². The molecule has 0 fully saturated rings. The molecule has 0 atom stereocenters. The molecule has 0 rings (SSSR count). The fourth-order valence-corrected chi connectivity index (χ4v) is 1.45. The molecule has 0 saturated carbocycles. The van der Waals surface area contributed by atoms with Crippen LogP contribution in [0.15, 0.2) is 0 Å². The Morgan fingerprint density at radius 3 is 2.67 bits per heavy atom. The molecule has 3 nitrogen and oxygen atoms in total. The van der Waals surface area contributed by atoms with Crippen molar-refractivity contribution in [3.63, 3.8) is 0 Å². The second-order valence-corrected chi connectivity index (χ2v) is 4.19. The Morgan fingerprint density at radius 2 is 2.07 bits per heavy atom. The molecule has 15 heavy (non-hydrogen) atoms. The lowest BCUT2D eigenvalue weighted by atomic mass is 10.2. The SMILES string of the molecule is CC(C)CN(C)CCCOCCC#CN. The molecule has 0 aliphatic rings. The third-order valence-electron chi connectivity index (χ3n) is 1.98. The molecule has 0 saturated heterocycles. The Kier molecular flexibility index (Phi) is 9.35. The largest absolute Gasteiger partial charge is 0.380 e. The Hall–Kier alpha value is -0.720. The van der Waals surface area contributed by atoms with E-state index >= 15 is 0 Å². The zero-order chi connectivity index (χ0) is 11.5. The predicted octanol–water partition coefficient (Wildman–Crippen LogP) is 1.29. The van der Waals surface area contributed by atoms with Gasteiger partial charge in [-0.15, -0.1) is 0 Å². The topological polar surface area (TPSA) is 38.5 Å². The number of nitrogens with two attached hydrogens (primary N) is 1. The van der Waals surface area contributed by atoms with Crippen LogP contribution in [0.5, 0.6) is 0 Å². The monoisotopic (exact) mass is 212 g/mol. The van der Waals surface area contributed by atoms with Crippen LogP contribution in [0.3, 0.4) is 0 Å². The molecule has 88 valence electrons. The van der Waals surface area contributed by atoms with Crippen molar-refractivity contribution in [2.45, 2.75) is 26.7 Å². The zero-order valence-corrected chi connectivity index (χ0v) is 10.3. The number of hydrogen-bond acceptors (Lipinski definition) is 3. The lowest BCUT2D eigenvalue weighted by Gasteiger charge is -2.18. The Bertz CT molecular complexity index is 194. The van der Waals surface area contributed by atoms with Gasteiger partial charge < -0.3 is 15.4 Å². The fraction of sp³-hybridized carbons (Fsp3) is 0.833. The van der Waals surface area contributed by atoms with Gasteiger partial charge in [-0.3, -0.25) is 0 Å². The van der Waals surface area contributed by atoms with Crippen LogP contribution in [0.1, 0.15) is 26.7 Å². The van der Waals surface area contributed by atoms with E-state index < -0.39 is 0 Å². The van der Waals surface area contributed by atoms with Gasteiger partial charge in [0.1, 0.15) is 0 Å². The smallest absolute Gasteiger partial charge is 0.0576 e. The molecule has 3 heteroatoms. The first kappa shape index (κ1) is 14.3. The predicted molar refractivity (Wildman–Crippen MR) is 64.4 cm³/mol. The van der Waals surface area contributed by atoms with Gasteiger partial charge in [0.2, 0.25) is 0 Å². The Balaban J connectivity index is 3.18. The summed E-state index contributed by atoms with van der Waals surface area (Å²) in [7, 11) is 2.15. The van der Waals surface area contributed by atoms with Crippen molar-refractivity contribution in [2.75, 3.05) is 33.4 Å². The van der Waals surface area contributed by atoms with Gasteiger partial charge in [-0.25, -0.2) is 0 Å². The summed E-state index contributed by atoms with van der Waals surface area (Å²) in [6.07, 6.45) is 1.82. The minimum absolute atomic E-state index is 0.693.